The quantitative estimate of drug-likeness (QED) is 0.501. The van der Waals surface area contributed by atoms with Gasteiger partial charge in [0.05, 0.1) is 17.4 Å². The van der Waals surface area contributed by atoms with Gasteiger partial charge >= 0.3 is 11.9 Å². The summed E-state index contributed by atoms with van der Waals surface area (Å²) in [6, 6.07) is 5.57. The lowest BCUT2D eigenvalue weighted by Crippen LogP contribution is -2.35. The fourth-order valence-electron chi connectivity index (χ4n) is 2.63. The highest BCUT2D eigenvalue weighted by Crippen LogP contribution is 2.28. The van der Waals surface area contributed by atoms with Crippen molar-refractivity contribution in [3.05, 3.63) is 28.8 Å². The predicted molar refractivity (Wildman–Crippen MR) is 111 cm³/mol. The molecule has 3 atom stereocenters. The fraction of sp³-hybridized carbons (Fsp3) is 0.636. The van der Waals surface area contributed by atoms with Crippen LogP contribution in [0.1, 0.15) is 66.4 Å². The summed E-state index contributed by atoms with van der Waals surface area (Å²) < 4.78 is 16.9. The topological polar surface area (TPSA) is 61.8 Å². The first kappa shape index (κ1) is 24.3. The summed E-state index contributed by atoms with van der Waals surface area (Å²) in [7, 11) is 0. The Hall–Kier alpha value is -1.75. The van der Waals surface area contributed by atoms with Crippen molar-refractivity contribution >= 4 is 23.5 Å². The van der Waals surface area contributed by atoms with Crippen molar-refractivity contribution in [1.82, 2.24) is 0 Å². The van der Waals surface area contributed by atoms with Crippen LogP contribution in [0.4, 0.5) is 0 Å². The summed E-state index contributed by atoms with van der Waals surface area (Å²) in [6.45, 7) is 12.8. The van der Waals surface area contributed by atoms with Crippen LogP contribution in [0.25, 0.3) is 0 Å². The monoisotopic (exact) mass is 412 g/mol. The van der Waals surface area contributed by atoms with Gasteiger partial charge in [0.15, 0.2) is 0 Å². The van der Waals surface area contributed by atoms with Crippen molar-refractivity contribution in [2.45, 2.75) is 85.5 Å². The molecule has 0 amide bonds. The van der Waals surface area contributed by atoms with Crippen LogP contribution in [0, 0.1) is 12.8 Å². The smallest absolute Gasteiger partial charge is 0.309 e. The molecule has 1 aromatic carbocycles. The number of hydrogen-bond donors (Lipinski definition) is 0. The van der Waals surface area contributed by atoms with Gasteiger partial charge in [0.1, 0.15) is 23.6 Å². The molecule has 1 rings (SSSR count). The molecule has 0 aliphatic carbocycles. The molecule has 0 heterocycles. The van der Waals surface area contributed by atoms with Crippen LogP contribution in [-0.2, 0) is 19.1 Å². The SMILES string of the molecule is CCC[C@@H](Oc1ccc(C)cc1Cl)[C@H](C)OC(=O)[C@H](C)CC(=O)OC(C)(C)C. The summed E-state index contributed by atoms with van der Waals surface area (Å²) in [4.78, 5) is 24.3. The van der Waals surface area contributed by atoms with E-state index in [9.17, 15) is 9.59 Å². The van der Waals surface area contributed by atoms with Crippen LogP contribution < -0.4 is 4.74 Å². The second kappa shape index (κ2) is 10.7. The van der Waals surface area contributed by atoms with Crippen molar-refractivity contribution in [2.75, 3.05) is 0 Å². The Balaban J connectivity index is 2.70. The minimum Gasteiger partial charge on any atom is -0.485 e. The first-order valence-electron chi connectivity index (χ1n) is 9.78. The number of rotatable bonds is 9. The summed E-state index contributed by atoms with van der Waals surface area (Å²) in [6.07, 6.45) is 0.739. The molecule has 6 heteroatoms. The molecule has 0 radical (unpaired) electrons. The number of ether oxygens (including phenoxy) is 3. The molecule has 0 aliphatic heterocycles. The standard InChI is InChI=1S/C22H33ClO5/c1-8-9-18(27-19-11-10-14(2)12-17(19)23)16(4)26-21(25)15(3)13-20(24)28-22(5,6)7/h10-12,15-16,18H,8-9,13H2,1-7H3/t15-,16+,18-/m1/s1. The Morgan fingerprint density at radius 1 is 1.18 bits per heavy atom. The van der Waals surface area contributed by atoms with Crippen LogP contribution in [0.3, 0.4) is 0 Å². The van der Waals surface area contributed by atoms with E-state index in [4.69, 9.17) is 25.8 Å². The molecule has 0 spiro atoms. The zero-order valence-electron chi connectivity index (χ0n) is 18.0. The average Bonchev–Trinajstić information content (AvgIpc) is 2.54. The van der Waals surface area contributed by atoms with Crippen LogP contribution in [0.15, 0.2) is 18.2 Å². The lowest BCUT2D eigenvalue weighted by Gasteiger charge is -2.26. The maximum Gasteiger partial charge on any atom is 0.309 e. The molecule has 0 fully saturated rings. The molecule has 5 nitrogen and oxygen atoms in total. The Labute approximate surface area is 173 Å². The van der Waals surface area contributed by atoms with E-state index in [-0.39, 0.29) is 12.5 Å². The molecule has 0 unspecified atom stereocenters. The molecule has 0 saturated carbocycles. The Bertz CT molecular complexity index is 665. The molecule has 0 bridgehead atoms. The molecule has 0 saturated heterocycles. The first-order valence-corrected chi connectivity index (χ1v) is 10.2. The summed E-state index contributed by atoms with van der Waals surface area (Å²) in [5.74, 6) is -0.895. The minimum absolute atomic E-state index is 0.0219. The molecule has 1 aromatic rings. The fourth-order valence-corrected chi connectivity index (χ4v) is 2.91. The van der Waals surface area contributed by atoms with Gasteiger partial charge in [-0.1, -0.05) is 37.9 Å². The van der Waals surface area contributed by atoms with Gasteiger partial charge in [-0.3, -0.25) is 9.59 Å². The zero-order valence-corrected chi connectivity index (χ0v) is 18.8. The van der Waals surface area contributed by atoms with Gasteiger partial charge in [-0.15, -0.1) is 0 Å². The molecule has 0 N–H and O–H groups in total. The van der Waals surface area contributed by atoms with Crippen LogP contribution >= 0.6 is 11.6 Å². The van der Waals surface area contributed by atoms with E-state index in [0.717, 1.165) is 12.0 Å². The Morgan fingerprint density at radius 3 is 2.36 bits per heavy atom. The van der Waals surface area contributed by atoms with E-state index in [0.29, 0.717) is 17.2 Å². The minimum atomic E-state index is -0.595. The number of esters is 2. The van der Waals surface area contributed by atoms with E-state index in [1.807, 2.05) is 32.0 Å². The third-order valence-electron chi connectivity index (χ3n) is 4.06. The maximum atomic E-state index is 12.4. The second-order valence-corrected chi connectivity index (χ2v) is 8.62. The van der Waals surface area contributed by atoms with E-state index in [1.165, 1.54) is 0 Å². The van der Waals surface area contributed by atoms with Crippen LogP contribution in [-0.4, -0.2) is 29.7 Å². The normalized spacial score (nSPS) is 14.7. The largest absolute Gasteiger partial charge is 0.485 e. The highest BCUT2D eigenvalue weighted by molar-refractivity contribution is 6.32. The van der Waals surface area contributed by atoms with Crippen LogP contribution in [0.5, 0.6) is 5.75 Å². The Morgan fingerprint density at radius 2 is 1.82 bits per heavy atom. The van der Waals surface area contributed by atoms with Crippen molar-refractivity contribution < 1.29 is 23.8 Å². The molecule has 28 heavy (non-hydrogen) atoms. The molecule has 0 aromatic heterocycles. The summed E-state index contributed by atoms with van der Waals surface area (Å²) in [5, 5.41) is 0.526. The predicted octanol–water partition coefficient (Wildman–Crippen LogP) is 5.50. The van der Waals surface area contributed by atoms with Crippen molar-refractivity contribution in [1.29, 1.82) is 0 Å². The molecule has 0 aliphatic rings. The molecular weight excluding hydrogens is 380 g/mol. The molecular formula is C22H33ClO5. The van der Waals surface area contributed by atoms with Gasteiger partial charge in [0.25, 0.3) is 0 Å². The third-order valence-corrected chi connectivity index (χ3v) is 4.36. The van der Waals surface area contributed by atoms with Crippen LogP contribution in [0.2, 0.25) is 5.02 Å². The summed E-state index contributed by atoms with van der Waals surface area (Å²) >= 11 is 6.26. The maximum absolute atomic E-state index is 12.4. The Kier molecular flexibility index (Phi) is 9.28. The highest BCUT2D eigenvalue weighted by Gasteiger charge is 2.28. The third kappa shape index (κ3) is 8.51. The summed E-state index contributed by atoms with van der Waals surface area (Å²) in [5.41, 5.74) is 0.460. The van der Waals surface area contributed by atoms with Gasteiger partial charge in [-0.2, -0.15) is 0 Å². The number of aryl methyl sites for hydroxylation is 1. The number of halogens is 1. The van der Waals surface area contributed by atoms with Gasteiger partial charge in [0, 0.05) is 0 Å². The highest BCUT2D eigenvalue weighted by atomic mass is 35.5. The lowest BCUT2D eigenvalue weighted by atomic mass is 10.1. The number of hydrogen-bond acceptors (Lipinski definition) is 5. The van der Waals surface area contributed by atoms with Crippen molar-refractivity contribution in [3.63, 3.8) is 0 Å². The zero-order chi connectivity index (χ0) is 21.5. The van der Waals surface area contributed by atoms with Gasteiger partial charge in [-0.05, 0) is 58.7 Å². The molecule has 158 valence electrons. The number of carbonyl (C=O) groups excluding carboxylic acids is 2. The van der Waals surface area contributed by atoms with E-state index in [2.05, 4.69) is 0 Å². The second-order valence-electron chi connectivity index (χ2n) is 8.21. The average molecular weight is 413 g/mol. The first-order chi connectivity index (χ1) is 12.9. The lowest BCUT2D eigenvalue weighted by molar-refractivity contribution is -0.165. The van der Waals surface area contributed by atoms with Gasteiger partial charge in [-0.25, -0.2) is 0 Å². The van der Waals surface area contributed by atoms with E-state index >= 15 is 0 Å². The van der Waals surface area contributed by atoms with Gasteiger partial charge < -0.3 is 14.2 Å². The van der Waals surface area contributed by atoms with E-state index < -0.39 is 29.6 Å². The van der Waals surface area contributed by atoms with E-state index in [1.54, 1.807) is 34.6 Å². The van der Waals surface area contributed by atoms with Crippen molar-refractivity contribution in [3.8, 4) is 5.75 Å². The van der Waals surface area contributed by atoms with Gasteiger partial charge in [0.2, 0.25) is 0 Å². The number of carbonyl (C=O) groups is 2. The number of benzene rings is 1. The van der Waals surface area contributed by atoms with Crippen molar-refractivity contribution in [2.24, 2.45) is 5.92 Å².